The van der Waals surface area contributed by atoms with Crippen LogP contribution in [-0.4, -0.2) is 38.3 Å². The highest BCUT2D eigenvalue weighted by atomic mass is 19.1. The summed E-state index contributed by atoms with van der Waals surface area (Å²) in [4.78, 5) is 2.30. The Morgan fingerprint density at radius 3 is 2.64 bits per heavy atom. The Morgan fingerprint density at radius 2 is 1.95 bits per heavy atom. The Hall–Kier alpha value is -1.33. The molecule has 3 rings (SSSR count). The third-order valence-corrected chi connectivity index (χ3v) is 5.41. The maximum Gasteiger partial charge on any atom is 0.197 e. The fourth-order valence-corrected chi connectivity index (χ4v) is 4.21. The standard InChI is InChI=1S/C17H25FN2O2/c1-20-13-9-11(19)5-4-10(13)8-14(20)12-6-7-15(21-2)17(22-3)16(12)18/h6-7,10-11,13-14H,4-5,8-9,19H2,1-3H3. The van der Waals surface area contributed by atoms with E-state index in [1.165, 1.54) is 14.2 Å². The van der Waals surface area contributed by atoms with E-state index in [9.17, 15) is 4.39 Å². The van der Waals surface area contributed by atoms with E-state index in [0.29, 0.717) is 23.3 Å². The van der Waals surface area contributed by atoms with Gasteiger partial charge in [-0.15, -0.1) is 0 Å². The monoisotopic (exact) mass is 308 g/mol. The van der Waals surface area contributed by atoms with Gasteiger partial charge in [0.2, 0.25) is 0 Å². The van der Waals surface area contributed by atoms with E-state index in [1.54, 1.807) is 6.07 Å². The van der Waals surface area contributed by atoms with Crippen LogP contribution in [-0.2, 0) is 0 Å². The van der Waals surface area contributed by atoms with Crippen molar-refractivity contribution in [3.63, 3.8) is 0 Å². The first-order chi connectivity index (χ1) is 10.6. The lowest BCUT2D eigenvalue weighted by Gasteiger charge is -2.34. The molecule has 2 aliphatic rings. The van der Waals surface area contributed by atoms with Crippen molar-refractivity contribution in [2.45, 2.75) is 43.8 Å². The number of nitrogens with zero attached hydrogens (tertiary/aromatic N) is 1. The van der Waals surface area contributed by atoms with Crippen LogP contribution in [0.25, 0.3) is 0 Å². The molecule has 0 spiro atoms. The van der Waals surface area contributed by atoms with Gasteiger partial charge in [-0.25, -0.2) is 4.39 Å². The van der Waals surface area contributed by atoms with E-state index in [2.05, 4.69) is 11.9 Å². The van der Waals surface area contributed by atoms with Crippen molar-refractivity contribution in [1.82, 2.24) is 4.90 Å². The molecule has 4 unspecified atom stereocenters. The molecule has 122 valence electrons. The smallest absolute Gasteiger partial charge is 0.197 e. The molecular formula is C17H25FN2O2. The van der Waals surface area contributed by atoms with E-state index in [-0.39, 0.29) is 23.7 Å². The molecule has 0 bridgehead atoms. The summed E-state index contributed by atoms with van der Waals surface area (Å²) in [5, 5.41) is 0. The van der Waals surface area contributed by atoms with Crippen molar-refractivity contribution in [2.24, 2.45) is 11.7 Å². The van der Waals surface area contributed by atoms with E-state index >= 15 is 0 Å². The molecule has 1 aromatic carbocycles. The van der Waals surface area contributed by atoms with Crippen molar-refractivity contribution in [2.75, 3.05) is 21.3 Å². The molecule has 4 nitrogen and oxygen atoms in total. The number of benzene rings is 1. The SMILES string of the molecule is COc1ccc(C2CC3CCC(N)CC3N2C)c(F)c1OC. The van der Waals surface area contributed by atoms with Crippen LogP contribution in [0.5, 0.6) is 11.5 Å². The summed E-state index contributed by atoms with van der Waals surface area (Å²) in [6, 6.07) is 4.44. The quantitative estimate of drug-likeness (QED) is 0.933. The summed E-state index contributed by atoms with van der Waals surface area (Å²) in [6.07, 6.45) is 4.21. The van der Waals surface area contributed by atoms with Crippen molar-refractivity contribution >= 4 is 0 Å². The summed E-state index contributed by atoms with van der Waals surface area (Å²) < 4.78 is 25.2. The van der Waals surface area contributed by atoms with Gasteiger partial charge in [0, 0.05) is 23.7 Å². The topological polar surface area (TPSA) is 47.7 Å². The van der Waals surface area contributed by atoms with Crippen LogP contribution in [0.3, 0.4) is 0 Å². The number of fused-ring (bicyclic) bond motifs is 1. The summed E-state index contributed by atoms with van der Waals surface area (Å²) in [6.45, 7) is 0. The number of halogens is 1. The molecule has 1 aliphatic carbocycles. The van der Waals surface area contributed by atoms with Gasteiger partial charge in [0.25, 0.3) is 0 Å². The fraction of sp³-hybridized carbons (Fsp3) is 0.647. The molecule has 1 aliphatic heterocycles. The average Bonchev–Trinajstić information content (AvgIpc) is 2.83. The maximum absolute atomic E-state index is 14.8. The highest BCUT2D eigenvalue weighted by Gasteiger charge is 2.43. The highest BCUT2D eigenvalue weighted by Crippen LogP contribution is 2.47. The van der Waals surface area contributed by atoms with E-state index in [4.69, 9.17) is 15.2 Å². The first-order valence-electron chi connectivity index (χ1n) is 7.94. The van der Waals surface area contributed by atoms with Gasteiger partial charge in [-0.2, -0.15) is 0 Å². The van der Waals surface area contributed by atoms with Gasteiger partial charge in [-0.05, 0) is 44.7 Å². The summed E-state index contributed by atoms with van der Waals surface area (Å²) in [5.74, 6) is 0.938. The highest BCUT2D eigenvalue weighted by molar-refractivity contribution is 5.45. The second-order valence-electron chi connectivity index (χ2n) is 6.52. The van der Waals surface area contributed by atoms with E-state index < -0.39 is 0 Å². The van der Waals surface area contributed by atoms with Gasteiger partial charge in [-0.1, -0.05) is 6.07 Å². The molecule has 0 aromatic heterocycles. The zero-order valence-corrected chi connectivity index (χ0v) is 13.5. The zero-order chi connectivity index (χ0) is 15.9. The Balaban J connectivity index is 1.92. The minimum Gasteiger partial charge on any atom is -0.493 e. The minimum absolute atomic E-state index is 0.0834. The van der Waals surface area contributed by atoms with Crippen LogP contribution in [0.15, 0.2) is 12.1 Å². The van der Waals surface area contributed by atoms with Gasteiger partial charge < -0.3 is 15.2 Å². The van der Waals surface area contributed by atoms with Gasteiger partial charge >= 0.3 is 0 Å². The Kier molecular flexibility index (Phi) is 4.28. The van der Waals surface area contributed by atoms with Crippen molar-refractivity contribution in [3.05, 3.63) is 23.5 Å². The number of hydrogen-bond donors (Lipinski definition) is 1. The predicted molar refractivity (Wildman–Crippen MR) is 83.7 cm³/mol. The van der Waals surface area contributed by atoms with Crippen LogP contribution in [0.4, 0.5) is 4.39 Å². The molecule has 1 heterocycles. The molecular weight excluding hydrogens is 283 g/mol. The second kappa shape index (κ2) is 6.05. The Labute approximate surface area is 131 Å². The molecule has 4 atom stereocenters. The molecule has 0 amide bonds. The fourth-order valence-electron chi connectivity index (χ4n) is 4.21. The summed E-state index contributed by atoms with van der Waals surface area (Å²) in [7, 11) is 5.08. The Morgan fingerprint density at radius 1 is 1.18 bits per heavy atom. The summed E-state index contributed by atoms with van der Waals surface area (Å²) in [5.41, 5.74) is 6.81. The Bertz CT molecular complexity index is 552. The van der Waals surface area contributed by atoms with E-state index in [0.717, 1.165) is 25.7 Å². The van der Waals surface area contributed by atoms with Crippen LogP contribution in [0.1, 0.15) is 37.3 Å². The maximum atomic E-state index is 14.8. The van der Waals surface area contributed by atoms with Gasteiger partial charge in [0.1, 0.15) is 0 Å². The molecule has 2 N–H and O–H groups in total. The van der Waals surface area contributed by atoms with Crippen molar-refractivity contribution in [3.8, 4) is 11.5 Å². The zero-order valence-electron chi connectivity index (χ0n) is 13.5. The number of ether oxygens (including phenoxy) is 2. The summed E-state index contributed by atoms with van der Waals surface area (Å²) >= 11 is 0. The average molecular weight is 308 g/mol. The predicted octanol–water partition coefficient (Wildman–Crippen LogP) is 2.72. The van der Waals surface area contributed by atoms with Crippen molar-refractivity contribution < 1.29 is 13.9 Å². The second-order valence-corrected chi connectivity index (χ2v) is 6.52. The van der Waals surface area contributed by atoms with Crippen LogP contribution in [0.2, 0.25) is 0 Å². The third kappa shape index (κ3) is 2.46. The first-order valence-corrected chi connectivity index (χ1v) is 7.94. The van der Waals surface area contributed by atoms with Crippen LogP contribution >= 0.6 is 0 Å². The van der Waals surface area contributed by atoms with Gasteiger partial charge in [-0.3, -0.25) is 4.90 Å². The molecule has 0 radical (unpaired) electrons. The third-order valence-electron chi connectivity index (χ3n) is 5.41. The number of nitrogens with two attached hydrogens (primary N) is 1. The van der Waals surface area contributed by atoms with Crippen LogP contribution < -0.4 is 15.2 Å². The molecule has 2 fully saturated rings. The number of methoxy groups -OCH3 is 2. The lowest BCUT2D eigenvalue weighted by Crippen LogP contribution is -2.40. The number of likely N-dealkylation sites (tertiary alicyclic amines) is 1. The molecule has 1 saturated carbocycles. The van der Waals surface area contributed by atoms with Gasteiger partial charge in [0.05, 0.1) is 14.2 Å². The number of hydrogen-bond acceptors (Lipinski definition) is 4. The van der Waals surface area contributed by atoms with E-state index in [1.807, 2.05) is 6.07 Å². The molecule has 22 heavy (non-hydrogen) atoms. The van der Waals surface area contributed by atoms with Crippen molar-refractivity contribution in [1.29, 1.82) is 0 Å². The molecule has 1 aromatic rings. The number of rotatable bonds is 3. The minimum atomic E-state index is -0.304. The lowest BCUT2D eigenvalue weighted by atomic mass is 9.82. The lowest BCUT2D eigenvalue weighted by molar-refractivity contribution is 0.173. The molecule has 1 saturated heterocycles. The first kappa shape index (κ1) is 15.6. The normalized spacial score (nSPS) is 31.9. The largest absolute Gasteiger partial charge is 0.493 e. The molecule has 5 heteroatoms. The van der Waals surface area contributed by atoms with Gasteiger partial charge in [0.15, 0.2) is 17.3 Å². The van der Waals surface area contributed by atoms with Crippen LogP contribution in [0, 0.1) is 11.7 Å².